The van der Waals surface area contributed by atoms with Crippen molar-refractivity contribution in [3.05, 3.63) is 170 Å². The van der Waals surface area contributed by atoms with Gasteiger partial charge in [-0.15, -0.1) is 0 Å². The summed E-state index contributed by atoms with van der Waals surface area (Å²) in [5.74, 6) is -1.00. The van der Waals surface area contributed by atoms with Crippen molar-refractivity contribution >= 4 is 17.9 Å². The van der Waals surface area contributed by atoms with Crippen molar-refractivity contribution in [3.63, 3.8) is 0 Å². The molecule has 0 aliphatic heterocycles. The molecular weight excluding hydrogens is 913 g/mol. The van der Waals surface area contributed by atoms with E-state index in [0.717, 1.165) is 154 Å². The Bertz CT molecular complexity index is 1740. The first-order chi connectivity index (χ1) is 36.5. The molecule has 0 aromatic rings. The highest BCUT2D eigenvalue weighted by atomic mass is 16.6. The molecule has 0 N–H and O–H groups in total. The summed E-state index contributed by atoms with van der Waals surface area (Å²) < 4.78 is 16.7. The van der Waals surface area contributed by atoms with Gasteiger partial charge in [0.2, 0.25) is 0 Å². The van der Waals surface area contributed by atoms with E-state index in [9.17, 15) is 14.4 Å². The van der Waals surface area contributed by atoms with Crippen LogP contribution in [0, 0.1) is 0 Å². The van der Waals surface area contributed by atoms with Crippen LogP contribution in [-0.2, 0) is 28.6 Å². The number of unbranched alkanes of at least 4 members (excludes halogenated alkanes) is 11. The van der Waals surface area contributed by atoms with Gasteiger partial charge in [-0.2, -0.15) is 0 Å². The zero-order chi connectivity index (χ0) is 53.6. The van der Waals surface area contributed by atoms with Crippen LogP contribution >= 0.6 is 0 Å². The SMILES string of the molecule is CC/C=C\C/C=C\C/C=C\C/C=C\C/C=C\C/C=C\C/C=C\C/C=C\C/C=C\C/C=C\CCCCCCC(=O)OCC(COC(=O)CCCCCCCC)OC(=O)CCCC/C=C\C/C=C\C/C=C\C/C=C\CC. The lowest BCUT2D eigenvalue weighted by Crippen LogP contribution is -2.30. The Labute approximate surface area is 453 Å². The van der Waals surface area contributed by atoms with Crippen molar-refractivity contribution in [2.24, 2.45) is 0 Å². The van der Waals surface area contributed by atoms with Crippen molar-refractivity contribution < 1.29 is 28.6 Å². The minimum absolute atomic E-state index is 0.110. The maximum atomic E-state index is 12.7. The second kappa shape index (κ2) is 60.3. The molecule has 6 heteroatoms. The van der Waals surface area contributed by atoms with Crippen molar-refractivity contribution in [1.82, 2.24) is 0 Å². The minimum atomic E-state index is -0.814. The lowest BCUT2D eigenvalue weighted by Gasteiger charge is -2.18. The Kier molecular flexibility index (Phi) is 56.1. The maximum absolute atomic E-state index is 12.7. The van der Waals surface area contributed by atoms with Crippen LogP contribution in [0.3, 0.4) is 0 Å². The molecule has 0 radical (unpaired) electrons. The Morgan fingerprint density at radius 1 is 0.284 bits per heavy atom. The summed E-state index contributed by atoms with van der Waals surface area (Å²) in [6.45, 7) is 6.26. The smallest absolute Gasteiger partial charge is 0.306 e. The van der Waals surface area contributed by atoms with Crippen molar-refractivity contribution in [2.45, 2.75) is 226 Å². The summed E-state index contributed by atoms with van der Waals surface area (Å²) in [6, 6.07) is 0. The molecule has 0 bridgehead atoms. The summed E-state index contributed by atoms with van der Waals surface area (Å²) >= 11 is 0. The average molecular weight is 1020 g/mol. The molecule has 1 unspecified atom stereocenters. The summed E-state index contributed by atoms with van der Waals surface area (Å²) in [5, 5.41) is 0. The molecule has 0 heterocycles. The van der Waals surface area contributed by atoms with Gasteiger partial charge in [-0.05, 0) is 135 Å². The zero-order valence-corrected chi connectivity index (χ0v) is 47.0. The van der Waals surface area contributed by atoms with Gasteiger partial charge < -0.3 is 14.2 Å². The number of carbonyl (C=O) groups excluding carboxylic acids is 3. The van der Waals surface area contributed by atoms with Gasteiger partial charge in [0, 0.05) is 19.3 Å². The van der Waals surface area contributed by atoms with Gasteiger partial charge in [-0.1, -0.05) is 236 Å². The van der Waals surface area contributed by atoms with Crippen LogP contribution in [0.5, 0.6) is 0 Å². The van der Waals surface area contributed by atoms with Gasteiger partial charge in [0.25, 0.3) is 0 Å². The van der Waals surface area contributed by atoms with E-state index in [0.29, 0.717) is 19.3 Å². The molecule has 412 valence electrons. The monoisotopic (exact) mass is 1020 g/mol. The van der Waals surface area contributed by atoms with Crippen molar-refractivity contribution in [1.29, 1.82) is 0 Å². The molecule has 0 aliphatic carbocycles. The predicted molar refractivity (Wildman–Crippen MR) is 320 cm³/mol. The Morgan fingerprint density at radius 2 is 0.527 bits per heavy atom. The van der Waals surface area contributed by atoms with E-state index in [4.69, 9.17) is 14.2 Å². The molecule has 0 amide bonds. The predicted octanol–water partition coefficient (Wildman–Crippen LogP) is 19.9. The van der Waals surface area contributed by atoms with E-state index in [1.165, 1.54) is 19.3 Å². The standard InChI is InChI=1S/C68H104O6/c1-4-7-10-13-16-18-20-22-24-25-26-27-28-29-30-31-32-33-34-35-36-37-38-39-40-41-42-43-45-46-48-50-52-55-58-61-67(70)73-64-65(63-72-66(69)60-57-54-15-12-9-6-3)74-68(71)62-59-56-53-51-49-47-44-23-21-19-17-14-11-8-5-2/h7-8,10-11,16-19,22-24,26-27,29-30,32-33,35-36,38-39,41-42,44-46,49,51,65H,4-6,9,12-15,20-21,25,28,31,34,37,40,43,47-48,50,52-64H2,1-3H3/b10-7-,11-8-,18-16-,19-17-,24-22-,27-26-,30-29-,33-32-,36-35-,39-38-,42-41-,44-23-,46-45-,51-49-. The number of allylic oxidation sites excluding steroid dienone is 28. The topological polar surface area (TPSA) is 78.9 Å². The molecule has 0 aliphatic rings. The fraction of sp³-hybridized carbons (Fsp3) is 0.544. The molecule has 0 saturated carbocycles. The lowest BCUT2D eigenvalue weighted by atomic mass is 10.1. The van der Waals surface area contributed by atoms with Crippen LogP contribution in [0.15, 0.2) is 170 Å². The minimum Gasteiger partial charge on any atom is -0.462 e. The molecule has 74 heavy (non-hydrogen) atoms. The fourth-order valence-electron chi connectivity index (χ4n) is 7.16. The van der Waals surface area contributed by atoms with Crippen LogP contribution in [0.25, 0.3) is 0 Å². The number of ether oxygens (including phenoxy) is 3. The third kappa shape index (κ3) is 57.7. The van der Waals surface area contributed by atoms with E-state index in [-0.39, 0.29) is 37.5 Å². The molecule has 0 saturated heterocycles. The second-order valence-corrected chi connectivity index (χ2v) is 18.4. The summed E-state index contributed by atoms with van der Waals surface area (Å²) in [7, 11) is 0. The number of carbonyl (C=O) groups is 3. The van der Waals surface area contributed by atoms with Crippen LogP contribution < -0.4 is 0 Å². The number of rotatable bonds is 50. The van der Waals surface area contributed by atoms with Crippen LogP contribution in [0.2, 0.25) is 0 Å². The van der Waals surface area contributed by atoms with E-state index in [2.05, 4.69) is 191 Å². The van der Waals surface area contributed by atoms with Gasteiger partial charge in [0.1, 0.15) is 13.2 Å². The zero-order valence-electron chi connectivity index (χ0n) is 47.0. The highest BCUT2D eigenvalue weighted by Crippen LogP contribution is 2.12. The van der Waals surface area contributed by atoms with Gasteiger partial charge in [0.15, 0.2) is 6.10 Å². The molecule has 0 aromatic carbocycles. The first-order valence-electron chi connectivity index (χ1n) is 29.1. The molecular formula is C68H104O6. The van der Waals surface area contributed by atoms with Crippen LogP contribution in [0.4, 0.5) is 0 Å². The van der Waals surface area contributed by atoms with Crippen LogP contribution in [-0.4, -0.2) is 37.2 Å². The van der Waals surface area contributed by atoms with Gasteiger partial charge in [-0.25, -0.2) is 0 Å². The highest BCUT2D eigenvalue weighted by Gasteiger charge is 2.19. The average Bonchev–Trinajstić information content (AvgIpc) is 3.40. The summed E-state index contributed by atoms with van der Waals surface area (Å²) in [6.07, 6.45) is 89.6. The quantitative estimate of drug-likeness (QED) is 0.0261. The van der Waals surface area contributed by atoms with Crippen molar-refractivity contribution in [2.75, 3.05) is 13.2 Å². The largest absolute Gasteiger partial charge is 0.462 e. The number of esters is 3. The van der Waals surface area contributed by atoms with E-state index in [1.54, 1.807) is 0 Å². The first kappa shape index (κ1) is 68.8. The van der Waals surface area contributed by atoms with Gasteiger partial charge in [-0.3, -0.25) is 14.4 Å². The molecule has 1 atom stereocenters. The second-order valence-electron chi connectivity index (χ2n) is 18.4. The Hall–Kier alpha value is -5.23. The Morgan fingerprint density at radius 3 is 0.851 bits per heavy atom. The van der Waals surface area contributed by atoms with E-state index in [1.807, 2.05) is 0 Å². The molecule has 0 rings (SSSR count). The first-order valence-corrected chi connectivity index (χ1v) is 29.1. The van der Waals surface area contributed by atoms with E-state index < -0.39 is 6.10 Å². The fourth-order valence-corrected chi connectivity index (χ4v) is 7.16. The van der Waals surface area contributed by atoms with Crippen LogP contribution in [0.1, 0.15) is 220 Å². The Balaban J connectivity index is 4.22. The number of hydrogen-bond acceptors (Lipinski definition) is 6. The number of hydrogen-bond donors (Lipinski definition) is 0. The molecule has 6 nitrogen and oxygen atoms in total. The normalized spacial score (nSPS) is 13.4. The summed E-state index contributed by atoms with van der Waals surface area (Å²) in [5.41, 5.74) is 0. The van der Waals surface area contributed by atoms with E-state index >= 15 is 0 Å². The summed E-state index contributed by atoms with van der Waals surface area (Å²) in [4.78, 5) is 37.8. The third-order valence-electron chi connectivity index (χ3n) is 11.5. The van der Waals surface area contributed by atoms with Crippen molar-refractivity contribution in [3.8, 4) is 0 Å². The third-order valence-corrected chi connectivity index (χ3v) is 11.5. The highest BCUT2D eigenvalue weighted by molar-refractivity contribution is 5.71. The molecule has 0 spiro atoms. The maximum Gasteiger partial charge on any atom is 0.306 e. The van der Waals surface area contributed by atoms with Gasteiger partial charge >= 0.3 is 17.9 Å². The lowest BCUT2D eigenvalue weighted by molar-refractivity contribution is -0.167. The molecule has 0 aromatic heterocycles. The van der Waals surface area contributed by atoms with Gasteiger partial charge in [0.05, 0.1) is 0 Å². The molecule has 0 fully saturated rings.